The Hall–Kier alpha value is -1.34. The third kappa shape index (κ3) is 3.47. The second-order valence-corrected chi connectivity index (χ2v) is 6.27. The van der Waals surface area contributed by atoms with E-state index in [-0.39, 0.29) is 17.6 Å². The zero-order valence-corrected chi connectivity index (χ0v) is 12.8. The fourth-order valence-corrected chi connectivity index (χ4v) is 2.87. The van der Waals surface area contributed by atoms with Crippen LogP contribution in [0, 0.1) is 5.92 Å². The first kappa shape index (κ1) is 16.0. The molecule has 1 aliphatic carbocycles. The maximum absolute atomic E-state index is 11.4. The molecule has 1 heterocycles. The van der Waals surface area contributed by atoms with E-state index in [4.69, 9.17) is 4.84 Å². The summed E-state index contributed by atoms with van der Waals surface area (Å²) in [5, 5.41) is 13.7. The molecule has 0 bridgehead atoms. The van der Waals surface area contributed by atoms with E-state index in [1.54, 1.807) is 0 Å². The zero-order valence-electron chi connectivity index (χ0n) is 12.8. The highest BCUT2D eigenvalue weighted by molar-refractivity contribution is 5.74. The molecule has 1 spiro atoms. The Morgan fingerprint density at radius 2 is 2.14 bits per heavy atom. The molecule has 120 valence electrons. The van der Waals surface area contributed by atoms with Crippen molar-refractivity contribution in [3.8, 4) is 0 Å². The van der Waals surface area contributed by atoms with Crippen molar-refractivity contribution in [1.29, 1.82) is 0 Å². The Labute approximate surface area is 124 Å². The number of carbonyl (C=O) groups is 2. The lowest BCUT2D eigenvalue weighted by atomic mass is 9.77. The fourth-order valence-electron chi connectivity index (χ4n) is 2.87. The van der Waals surface area contributed by atoms with Gasteiger partial charge < -0.3 is 15.2 Å². The predicted molar refractivity (Wildman–Crippen MR) is 74.6 cm³/mol. The van der Waals surface area contributed by atoms with Crippen LogP contribution >= 0.6 is 0 Å². The van der Waals surface area contributed by atoms with Crippen molar-refractivity contribution in [2.45, 2.75) is 57.2 Å². The molecule has 2 unspecified atom stereocenters. The van der Waals surface area contributed by atoms with Gasteiger partial charge in [0.1, 0.15) is 6.04 Å². The summed E-state index contributed by atoms with van der Waals surface area (Å²) in [5.74, 6) is -0.737. The van der Waals surface area contributed by atoms with Gasteiger partial charge in [0.25, 0.3) is 0 Å². The summed E-state index contributed by atoms with van der Waals surface area (Å²) < 4.78 is 4.62. The number of alkyl carbamates (subject to hydrolysis) is 1. The number of ether oxygens (including phenoxy) is 1. The molecule has 0 radical (unpaired) electrons. The van der Waals surface area contributed by atoms with Crippen molar-refractivity contribution < 1.29 is 24.3 Å². The molecule has 0 aromatic heterocycles. The summed E-state index contributed by atoms with van der Waals surface area (Å²) in [4.78, 5) is 28.8. The predicted octanol–water partition coefficient (Wildman–Crippen LogP) is 1.38. The van der Waals surface area contributed by atoms with E-state index in [9.17, 15) is 14.7 Å². The van der Waals surface area contributed by atoms with Gasteiger partial charge in [-0.25, -0.2) is 4.79 Å². The number of rotatable bonds is 5. The number of carboxylic acid groups (broad SMARTS) is 1. The lowest BCUT2D eigenvalue weighted by Crippen LogP contribution is -2.49. The van der Waals surface area contributed by atoms with Gasteiger partial charge in [0.05, 0.1) is 12.7 Å². The van der Waals surface area contributed by atoms with Crippen molar-refractivity contribution in [3.63, 3.8) is 0 Å². The average Bonchev–Trinajstić information content (AvgIpc) is 2.77. The molecular formula is C14H24N2O5. The number of nitrogens with zero attached hydrogens (tertiary/aromatic N) is 1. The molecule has 2 fully saturated rings. The topological polar surface area (TPSA) is 88.1 Å². The zero-order chi connectivity index (χ0) is 15.6. The molecular weight excluding hydrogens is 276 g/mol. The first-order chi connectivity index (χ1) is 9.87. The van der Waals surface area contributed by atoms with Gasteiger partial charge in [-0.1, -0.05) is 13.8 Å². The molecule has 2 N–H and O–H groups in total. The van der Waals surface area contributed by atoms with E-state index >= 15 is 0 Å². The van der Waals surface area contributed by atoms with E-state index in [2.05, 4.69) is 10.1 Å². The largest absolute Gasteiger partial charge is 0.480 e. The number of hydroxylamine groups is 2. The van der Waals surface area contributed by atoms with Crippen LogP contribution in [0.5, 0.6) is 0 Å². The van der Waals surface area contributed by atoms with Gasteiger partial charge in [-0.15, -0.1) is 0 Å². The average molecular weight is 300 g/mol. The molecule has 21 heavy (non-hydrogen) atoms. The van der Waals surface area contributed by atoms with E-state index < -0.39 is 18.1 Å². The van der Waals surface area contributed by atoms with Crippen LogP contribution in [0.1, 0.15) is 39.5 Å². The molecule has 7 nitrogen and oxygen atoms in total. The minimum absolute atomic E-state index is 0.139. The maximum atomic E-state index is 11.4. The number of hydrogen-bond acceptors (Lipinski definition) is 5. The van der Waals surface area contributed by atoms with Crippen LogP contribution in [0.25, 0.3) is 0 Å². The molecule has 1 aliphatic heterocycles. The summed E-state index contributed by atoms with van der Waals surface area (Å²) in [5.41, 5.74) is -0.296. The molecule has 7 heteroatoms. The summed E-state index contributed by atoms with van der Waals surface area (Å²) >= 11 is 0. The van der Waals surface area contributed by atoms with Gasteiger partial charge in [0, 0.05) is 19.0 Å². The van der Waals surface area contributed by atoms with Crippen molar-refractivity contribution in [3.05, 3.63) is 0 Å². The second kappa shape index (κ2) is 6.19. The summed E-state index contributed by atoms with van der Waals surface area (Å²) in [7, 11) is 1.31. The minimum Gasteiger partial charge on any atom is -0.480 e. The molecule has 2 atom stereocenters. The van der Waals surface area contributed by atoms with E-state index in [0.29, 0.717) is 13.0 Å². The van der Waals surface area contributed by atoms with Gasteiger partial charge in [-0.05, 0) is 25.2 Å². The monoisotopic (exact) mass is 300 g/mol. The van der Waals surface area contributed by atoms with Gasteiger partial charge in [0.2, 0.25) is 0 Å². The highest BCUT2D eigenvalue weighted by Gasteiger charge is 2.52. The van der Waals surface area contributed by atoms with Crippen LogP contribution in [0.15, 0.2) is 0 Å². The van der Waals surface area contributed by atoms with Crippen molar-refractivity contribution >= 4 is 12.1 Å². The number of carboxylic acids is 1. The summed E-state index contributed by atoms with van der Waals surface area (Å²) in [6.45, 7) is 4.27. The number of hydrogen-bond donors (Lipinski definition) is 2. The van der Waals surface area contributed by atoms with Crippen LogP contribution < -0.4 is 5.32 Å². The van der Waals surface area contributed by atoms with Crippen molar-refractivity contribution in [2.75, 3.05) is 13.7 Å². The lowest BCUT2D eigenvalue weighted by molar-refractivity contribution is -0.232. The van der Waals surface area contributed by atoms with Crippen LogP contribution in [0.4, 0.5) is 4.79 Å². The number of carbonyl (C=O) groups excluding carboxylic acids is 1. The Kier molecular flexibility index (Phi) is 4.73. The first-order valence-corrected chi connectivity index (χ1v) is 7.40. The van der Waals surface area contributed by atoms with Gasteiger partial charge >= 0.3 is 12.1 Å². The van der Waals surface area contributed by atoms with Crippen LogP contribution in [-0.4, -0.2) is 53.6 Å². The Morgan fingerprint density at radius 3 is 2.57 bits per heavy atom. The molecule has 2 rings (SSSR count). The molecule has 2 aliphatic rings. The van der Waals surface area contributed by atoms with Crippen LogP contribution in [0.2, 0.25) is 0 Å². The number of aliphatic carboxylic acids is 1. The van der Waals surface area contributed by atoms with Crippen LogP contribution in [0.3, 0.4) is 0 Å². The number of amides is 1. The van der Waals surface area contributed by atoms with E-state index in [0.717, 1.165) is 19.3 Å². The SMILES string of the molecule is COC(=O)NC(CN1OC2(CCC2)CC1C(=O)O)C(C)C. The van der Waals surface area contributed by atoms with Crippen molar-refractivity contribution in [1.82, 2.24) is 10.4 Å². The highest BCUT2D eigenvalue weighted by Crippen LogP contribution is 2.45. The second-order valence-electron chi connectivity index (χ2n) is 6.27. The number of nitrogens with one attached hydrogen (secondary N) is 1. The van der Waals surface area contributed by atoms with Gasteiger partial charge in [-0.3, -0.25) is 9.63 Å². The third-order valence-electron chi connectivity index (χ3n) is 4.44. The Bertz CT molecular complexity index is 408. The molecule has 1 saturated carbocycles. The van der Waals surface area contributed by atoms with Gasteiger partial charge in [-0.2, -0.15) is 5.06 Å². The fraction of sp³-hybridized carbons (Fsp3) is 0.857. The standard InChI is InChI=1S/C14H24N2O5/c1-9(2)10(15-13(19)20-3)8-16-11(12(17)18)7-14(21-16)5-4-6-14/h9-11H,4-8H2,1-3H3,(H,15,19)(H,17,18). The minimum atomic E-state index is -0.876. The normalized spacial score (nSPS) is 25.6. The molecule has 1 amide bonds. The maximum Gasteiger partial charge on any atom is 0.407 e. The Morgan fingerprint density at radius 1 is 1.48 bits per heavy atom. The van der Waals surface area contributed by atoms with Crippen molar-refractivity contribution in [2.24, 2.45) is 5.92 Å². The quantitative estimate of drug-likeness (QED) is 0.797. The summed E-state index contributed by atoms with van der Waals surface area (Å²) in [6.07, 6.45) is 2.89. The highest BCUT2D eigenvalue weighted by atomic mass is 16.7. The molecule has 0 aromatic carbocycles. The van der Waals surface area contributed by atoms with E-state index in [1.165, 1.54) is 12.2 Å². The lowest BCUT2D eigenvalue weighted by Gasteiger charge is -2.37. The molecule has 0 aromatic rings. The van der Waals surface area contributed by atoms with E-state index in [1.807, 2.05) is 13.8 Å². The first-order valence-electron chi connectivity index (χ1n) is 7.40. The third-order valence-corrected chi connectivity index (χ3v) is 4.44. The summed E-state index contributed by atoms with van der Waals surface area (Å²) in [6, 6.07) is -0.875. The van der Waals surface area contributed by atoms with Crippen LogP contribution in [-0.2, 0) is 14.4 Å². The van der Waals surface area contributed by atoms with Gasteiger partial charge in [0.15, 0.2) is 0 Å². The Balaban J connectivity index is 2.03. The number of methoxy groups -OCH3 is 1. The smallest absolute Gasteiger partial charge is 0.407 e. The molecule has 1 saturated heterocycles.